The molecule has 1 aliphatic heterocycles. The summed E-state index contributed by atoms with van der Waals surface area (Å²) >= 11 is 0. The van der Waals surface area contributed by atoms with Crippen LogP contribution >= 0.6 is 0 Å². The molecule has 4 rings (SSSR count). The fourth-order valence-corrected chi connectivity index (χ4v) is 2.91. The number of benzene rings is 2. The average molecular weight is 392 g/mol. The number of hydrogen-bond donors (Lipinski definition) is 3. The van der Waals surface area contributed by atoms with Crippen molar-refractivity contribution < 1.29 is 24.3 Å². The monoisotopic (exact) mass is 392 g/mol. The van der Waals surface area contributed by atoms with E-state index in [2.05, 4.69) is 5.32 Å². The fraction of sp³-hybridized carbons (Fsp3) is 0.182. The van der Waals surface area contributed by atoms with Gasteiger partial charge in [0.05, 0.1) is 0 Å². The standard InChI is InChI=1S/C22H20N2O5/c25-21(24-27)10-5-14-1-3-15(4-2-14)11-18(22(26)23-17-7-8-17)16-6-9-19-20(12-16)29-13-28-19/h1-6,9-12,17,27H,7-8,13H2,(H,23,26)(H,24,25). The van der Waals surface area contributed by atoms with E-state index in [0.717, 1.165) is 29.5 Å². The Balaban J connectivity index is 1.61. The van der Waals surface area contributed by atoms with Crippen molar-refractivity contribution in [1.82, 2.24) is 10.8 Å². The van der Waals surface area contributed by atoms with Crippen molar-refractivity contribution in [1.29, 1.82) is 0 Å². The van der Waals surface area contributed by atoms with Gasteiger partial charge < -0.3 is 14.8 Å². The molecule has 0 radical (unpaired) electrons. The van der Waals surface area contributed by atoms with Gasteiger partial charge >= 0.3 is 0 Å². The molecule has 0 unspecified atom stereocenters. The molecule has 2 amide bonds. The molecule has 2 aromatic carbocycles. The molecule has 1 fully saturated rings. The molecular weight excluding hydrogens is 372 g/mol. The van der Waals surface area contributed by atoms with E-state index in [1.807, 2.05) is 42.5 Å². The molecule has 1 heterocycles. The zero-order chi connectivity index (χ0) is 20.2. The Kier molecular flexibility index (Phi) is 5.31. The van der Waals surface area contributed by atoms with Gasteiger partial charge in [-0.1, -0.05) is 30.3 Å². The van der Waals surface area contributed by atoms with Crippen molar-refractivity contribution in [3.63, 3.8) is 0 Å². The first kappa shape index (κ1) is 18.8. The lowest BCUT2D eigenvalue weighted by Gasteiger charge is -2.10. The number of carbonyl (C=O) groups excluding carboxylic acids is 2. The molecule has 0 saturated heterocycles. The van der Waals surface area contributed by atoms with Crippen LogP contribution in [0.2, 0.25) is 0 Å². The van der Waals surface area contributed by atoms with Gasteiger partial charge in [-0.15, -0.1) is 0 Å². The van der Waals surface area contributed by atoms with Gasteiger partial charge in [0.15, 0.2) is 11.5 Å². The highest BCUT2D eigenvalue weighted by molar-refractivity contribution is 6.24. The molecule has 1 aliphatic carbocycles. The van der Waals surface area contributed by atoms with E-state index >= 15 is 0 Å². The average Bonchev–Trinajstić information content (AvgIpc) is 3.43. The summed E-state index contributed by atoms with van der Waals surface area (Å²) in [6.07, 6.45) is 6.64. The van der Waals surface area contributed by atoms with E-state index in [-0.39, 0.29) is 18.7 Å². The van der Waals surface area contributed by atoms with E-state index in [4.69, 9.17) is 14.7 Å². The van der Waals surface area contributed by atoms with Crippen molar-refractivity contribution in [2.75, 3.05) is 6.79 Å². The van der Waals surface area contributed by atoms with Crippen LogP contribution in [-0.4, -0.2) is 29.9 Å². The molecule has 1 saturated carbocycles. The fourth-order valence-electron chi connectivity index (χ4n) is 2.91. The number of fused-ring (bicyclic) bond motifs is 1. The van der Waals surface area contributed by atoms with Gasteiger partial charge in [0.25, 0.3) is 11.8 Å². The van der Waals surface area contributed by atoms with Gasteiger partial charge in [0.1, 0.15) is 0 Å². The van der Waals surface area contributed by atoms with Gasteiger partial charge in [-0.3, -0.25) is 14.8 Å². The SMILES string of the molecule is O=C(C=Cc1ccc(C=C(C(=O)NC2CC2)c2ccc3c(c2)OCO3)cc1)NO. The number of nitrogens with one attached hydrogen (secondary N) is 2. The normalized spacial score (nSPS) is 15.4. The maximum Gasteiger partial charge on any atom is 0.267 e. The third kappa shape index (κ3) is 4.64. The van der Waals surface area contributed by atoms with Crippen molar-refractivity contribution in [3.05, 3.63) is 65.2 Å². The topological polar surface area (TPSA) is 96.9 Å². The maximum atomic E-state index is 12.8. The van der Waals surface area contributed by atoms with Crippen LogP contribution in [0.25, 0.3) is 17.7 Å². The Bertz CT molecular complexity index is 991. The van der Waals surface area contributed by atoms with Crippen molar-refractivity contribution in [2.24, 2.45) is 0 Å². The predicted molar refractivity (Wildman–Crippen MR) is 107 cm³/mol. The Morgan fingerprint density at radius 3 is 2.45 bits per heavy atom. The summed E-state index contributed by atoms with van der Waals surface area (Å²) < 4.78 is 10.8. The van der Waals surface area contributed by atoms with Gasteiger partial charge in [-0.2, -0.15) is 0 Å². The molecule has 29 heavy (non-hydrogen) atoms. The molecule has 2 aliphatic rings. The number of rotatable bonds is 6. The summed E-state index contributed by atoms with van der Waals surface area (Å²) in [5.41, 5.74) is 4.46. The second-order valence-corrected chi connectivity index (χ2v) is 6.85. The molecular formula is C22H20N2O5. The Morgan fingerprint density at radius 1 is 1.00 bits per heavy atom. The highest BCUT2D eigenvalue weighted by Crippen LogP contribution is 2.35. The highest BCUT2D eigenvalue weighted by Gasteiger charge is 2.26. The van der Waals surface area contributed by atoms with Crippen molar-refractivity contribution in [2.45, 2.75) is 18.9 Å². The summed E-state index contributed by atoms with van der Waals surface area (Å²) in [4.78, 5) is 23.9. The van der Waals surface area contributed by atoms with E-state index in [1.165, 1.54) is 6.08 Å². The summed E-state index contributed by atoms with van der Waals surface area (Å²) in [6.45, 7) is 0.176. The van der Waals surface area contributed by atoms with Crippen LogP contribution < -0.4 is 20.3 Å². The first-order chi connectivity index (χ1) is 14.1. The van der Waals surface area contributed by atoms with Crippen molar-refractivity contribution >= 4 is 29.5 Å². The Labute approximate surface area is 167 Å². The molecule has 0 atom stereocenters. The third-order valence-electron chi connectivity index (χ3n) is 4.63. The van der Waals surface area contributed by atoms with Crippen LogP contribution in [0, 0.1) is 0 Å². The zero-order valence-corrected chi connectivity index (χ0v) is 15.6. The minimum atomic E-state index is -0.601. The largest absolute Gasteiger partial charge is 0.454 e. The lowest BCUT2D eigenvalue weighted by atomic mass is 10.0. The molecule has 0 spiro atoms. The molecule has 3 N–H and O–H groups in total. The molecule has 148 valence electrons. The van der Waals surface area contributed by atoms with Crippen LogP contribution in [0.5, 0.6) is 11.5 Å². The van der Waals surface area contributed by atoms with Gasteiger partial charge in [-0.05, 0) is 53.8 Å². The number of ether oxygens (including phenoxy) is 2. The molecule has 2 aromatic rings. The second-order valence-electron chi connectivity index (χ2n) is 6.85. The van der Waals surface area contributed by atoms with E-state index < -0.39 is 5.91 Å². The van der Waals surface area contributed by atoms with Gasteiger partial charge in [0.2, 0.25) is 6.79 Å². The minimum Gasteiger partial charge on any atom is -0.454 e. The van der Waals surface area contributed by atoms with Crippen LogP contribution in [0.4, 0.5) is 0 Å². The minimum absolute atomic E-state index is 0.130. The molecule has 7 heteroatoms. The van der Waals surface area contributed by atoms with Crippen LogP contribution in [0.3, 0.4) is 0 Å². The third-order valence-corrected chi connectivity index (χ3v) is 4.63. The smallest absolute Gasteiger partial charge is 0.267 e. The predicted octanol–water partition coefficient (Wildman–Crippen LogP) is 2.75. The summed E-state index contributed by atoms with van der Waals surface area (Å²) in [5.74, 6) is 0.555. The van der Waals surface area contributed by atoms with Gasteiger partial charge in [-0.25, -0.2) is 5.48 Å². The molecule has 0 aromatic heterocycles. The van der Waals surface area contributed by atoms with Crippen LogP contribution in [0.15, 0.2) is 48.5 Å². The number of amides is 2. The lowest BCUT2D eigenvalue weighted by Crippen LogP contribution is -2.26. The summed E-state index contributed by atoms with van der Waals surface area (Å²) in [6, 6.07) is 13.1. The van der Waals surface area contributed by atoms with Gasteiger partial charge in [0, 0.05) is 17.7 Å². The highest BCUT2D eigenvalue weighted by atomic mass is 16.7. The maximum absolute atomic E-state index is 12.8. The second kappa shape index (κ2) is 8.20. The van der Waals surface area contributed by atoms with Crippen molar-refractivity contribution in [3.8, 4) is 11.5 Å². The van der Waals surface area contributed by atoms with E-state index in [0.29, 0.717) is 17.1 Å². The quantitative estimate of drug-likeness (QED) is 0.304. The summed E-state index contributed by atoms with van der Waals surface area (Å²) in [5, 5.41) is 11.6. The summed E-state index contributed by atoms with van der Waals surface area (Å²) in [7, 11) is 0. The number of hydrogen-bond acceptors (Lipinski definition) is 5. The van der Waals surface area contributed by atoms with Crippen LogP contribution in [0.1, 0.15) is 29.5 Å². The first-order valence-electron chi connectivity index (χ1n) is 9.27. The lowest BCUT2D eigenvalue weighted by molar-refractivity contribution is -0.124. The van der Waals surface area contributed by atoms with Crippen LogP contribution in [-0.2, 0) is 9.59 Å². The molecule has 0 bridgehead atoms. The number of carbonyl (C=O) groups is 2. The molecule has 7 nitrogen and oxygen atoms in total. The zero-order valence-electron chi connectivity index (χ0n) is 15.6. The number of hydroxylamine groups is 1. The van der Waals surface area contributed by atoms with E-state index in [9.17, 15) is 9.59 Å². The Hall–Kier alpha value is -3.58. The van der Waals surface area contributed by atoms with E-state index in [1.54, 1.807) is 17.6 Å². The Morgan fingerprint density at radius 2 is 1.72 bits per heavy atom. The first-order valence-corrected chi connectivity index (χ1v) is 9.27.